The van der Waals surface area contributed by atoms with Crippen LogP contribution in [0.15, 0.2) is 23.6 Å². The molecule has 0 amide bonds. The summed E-state index contributed by atoms with van der Waals surface area (Å²) in [6.45, 7) is 0. The molecule has 0 N–H and O–H groups in total. The molecule has 1 aromatic heterocycles. The molecule has 0 spiro atoms. The third-order valence-electron chi connectivity index (χ3n) is 0.867. The van der Waals surface area contributed by atoms with Crippen molar-refractivity contribution in [1.82, 2.24) is 9.97 Å². The van der Waals surface area contributed by atoms with E-state index in [2.05, 4.69) is 25.9 Å². The lowest BCUT2D eigenvalue weighted by Crippen LogP contribution is -1.83. The van der Waals surface area contributed by atoms with E-state index >= 15 is 0 Å². The number of hydrogen-bond donors (Lipinski definition) is 0. The molecule has 0 aromatic carbocycles. The Bertz CT molecular complexity index is 180. The SMILES string of the molecule is BrCCSc1cnccn1. The van der Waals surface area contributed by atoms with Gasteiger partial charge in [-0.25, -0.2) is 4.98 Å². The summed E-state index contributed by atoms with van der Waals surface area (Å²) >= 11 is 5.04. The molecule has 0 saturated carbocycles. The third-order valence-corrected chi connectivity index (χ3v) is 2.70. The maximum Gasteiger partial charge on any atom is 0.114 e. The van der Waals surface area contributed by atoms with Crippen molar-refractivity contribution in [3.63, 3.8) is 0 Å². The van der Waals surface area contributed by atoms with Crippen molar-refractivity contribution >= 4 is 27.7 Å². The molecule has 1 aromatic rings. The number of thioether (sulfide) groups is 1. The maximum absolute atomic E-state index is 4.10. The molecule has 2 nitrogen and oxygen atoms in total. The summed E-state index contributed by atoms with van der Waals surface area (Å²) in [4.78, 5) is 8.03. The third kappa shape index (κ3) is 2.66. The predicted octanol–water partition coefficient (Wildman–Crippen LogP) is 1.96. The van der Waals surface area contributed by atoms with Gasteiger partial charge in [0, 0.05) is 23.5 Å². The van der Waals surface area contributed by atoms with Crippen LogP contribution in [0.2, 0.25) is 0 Å². The van der Waals surface area contributed by atoms with Crippen LogP contribution in [0, 0.1) is 0 Å². The number of alkyl halides is 1. The summed E-state index contributed by atoms with van der Waals surface area (Å²) in [6.07, 6.45) is 5.15. The van der Waals surface area contributed by atoms with Crippen LogP contribution in [0.3, 0.4) is 0 Å². The van der Waals surface area contributed by atoms with Crippen molar-refractivity contribution < 1.29 is 0 Å². The number of nitrogens with zero attached hydrogens (tertiary/aromatic N) is 2. The molecule has 0 aliphatic carbocycles. The zero-order valence-corrected chi connectivity index (χ0v) is 7.73. The van der Waals surface area contributed by atoms with Gasteiger partial charge in [-0.15, -0.1) is 11.8 Å². The van der Waals surface area contributed by atoms with Gasteiger partial charge in [0.1, 0.15) is 5.03 Å². The Morgan fingerprint density at radius 2 is 2.40 bits per heavy atom. The Hall–Kier alpha value is -0.0900. The molecule has 0 atom stereocenters. The molecule has 1 rings (SSSR count). The minimum atomic E-state index is 0.988. The van der Waals surface area contributed by atoms with Gasteiger partial charge in [-0.2, -0.15) is 0 Å². The van der Waals surface area contributed by atoms with E-state index in [0.717, 1.165) is 16.1 Å². The fourth-order valence-electron chi connectivity index (χ4n) is 0.503. The van der Waals surface area contributed by atoms with Gasteiger partial charge < -0.3 is 0 Å². The van der Waals surface area contributed by atoms with Crippen molar-refractivity contribution in [2.24, 2.45) is 0 Å². The highest BCUT2D eigenvalue weighted by Gasteiger charge is 1.90. The fourth-order valence-corrected chi connectivity index (χ4v) is 1.55. The van der Waals surface area contributed by atoms with E-state index < -0.39 is 0 Å². The van der Waals surface area contributed by atoms with Gasteiger partial charge in [0.15, 0.2) is 0 Å². The van der Waals surface area contributed by atoms with E-state index in [-0.39, 0.29) is 0 Å². The van der Waals surface area contributed by atoms with Gasteiger partial charge in [0.2, 0.25) is 0 Å². The van der Waals surface area contributed by atoms with Gasteiger partial charge in [0.25, 0.3) is 0 Å². The molecular formula is C6H7BrN2S. The van der Waals surface area contributed by atoms with Gasteiger partial charge in [-0.05, 0) is 0 Å². The summed E-state index contributed by atoms with van der Waals surface area (Å²) in [6, 6.07) is 0. The van der Waals surface area contributed by atoms with Gasteiger partial charge >= 0.3 is 0 Å². The van der Waals surface area contributed by atoms with Crippen LogP contribution in [0.4, 0.5) is 0 Å². The van der Waals surface area contributed by atoms with E-state index in [9.17, 15) is 0 Å². The van der Waals surface area contributed by atoms with Crippen LogP contribution < -0.4 is 0 Å². The second-order valence-electron chi connectivity index (χ2n) is 1.58. The Balaban J connectivity index is 2.43. The first-order valence-electron chi connectivity index (χ1n) is 2.88. The molecule has 0 aliphatic rings. The van der Waals surface area contributed by atoms with Crippen molar-refractivity contribution in [3.8, 4) is 0 Å². The Kier molecular flexibility index (Phi) is 3.75. The minimum absolute atomic E-state index is 0.988. The quantitative estimate of drug-likeness (QED) is 0.574. The lowest BCUT2D eigenvalue weighted by Gasteiger charge is -1.93. The largest absolute Gasteiger partial charge is 0.260 e. The van der Waals surface area contributed by atoms with Crippen LogP contribution in [-0.2, 0) is 0 Å². The lowest BCUT2D eigenvalue weighted by atomic mass is 10.8. The molecule has 0 unspecified atom stereocenters. The van der Waals surface area contributed by atoms with E-state index in [1.165, 1.54) is 0 Å². The van der Waals surface area contributed by atoms with Crippen LogP contribution in [0.1, 0.15) is 0 Å². The molecule has 0 bridgehead atoms. The summed E-state index contributed by atoms with van der Waals surface area (Å²) in [5.74, 6) is 1.04. The first-order valence-corrected chi connectivity index (χ1v) is 4.99. The fraction of sp³-hybridized carbons (Fsp3) is 0.333. The summed E-state index contributed by atoms with van der Waals surface area (Å²) < 4.78 is 0. The van der Waals surface area contributed by atoms with E-state index in [4.69, 9.17) is 0 Å². The normalized spacial score (nSPS) is 9.70. The first-order chi connectivity index (χ1) is 4.93. The zero-order chi connectivity index (χ0) is 7.23. The van der Waals surface area contributed by atoms with Crippen molar-refractivity contribution in [2.45, 2.75) is 5.03 Å². The molecule has 4 heteroatoms. The number of hydrogen-bond acceptors (Lipinski definition) is 3. The molecule has 0 aliphatic heterocycles. The summed E-state index contributed by atoms with van der Waals surface area (Å²) in [5.41, 5.74) is 0. The van der Waals surface area contributed by atoms with Gasteiger partial charge in [-0.3, -0.25) is 4.98 Å². The van der Waals surface area contributed by atoms with E-state index in [0.29, 0.717) is 0 Å². The van der Waals surface area contributed by atoms with E-state index in [1.807, 2.05) is 0 Å². The predicted molar refractivity (Wildman–Crippen MR) is 46.6 cm³/mol. The Labute approximate surface area is 72.6 Å². The van der Waals surface area contributed by atoms with Crippen LogP contribution in [0.25, 0.3) is 0 Å². The topological polar surface area (TPSA) is 25.8 Å². The first kappa shape index (κ1) is 8.01. The molecular weight excluding hydrogens is 212 g/mol. The highest BCUT2D eigenvalue weighted by Crippen LogP contribution is 2.12. The number of halogens is 1. The smallest absolute Gasteiger partial charge is 0.114 e. The van der Waals surface area contributed by atoms with Crippen molar-refractivity contribution in [3.05, 3.63) is 18.6 Å². The monoisotopic (exact) mass is 218 g/mol. The average Bonchev–Trinajstić information content (AvgIpc) is 2.03. The van der Waals surface area contributed by atoms with Crippen molar-refractivity contribution in [1.29, 1.82) is 0 Å². The van der Waals surface area contributed by atoms with Gasteiger partial charge in [-0.1, -0.05) is 15.9 Å². The van der Waals surface area contributed by atoms with Crippen LogP contribution >= 0.6 is 27.7 Å². The average molecular weight is 219 g/mol. The second-order valence-corrected chi connectivity index (χ2v) is 3.49. The Morgan fingerprint density at radius 1 is 1.50 bits per heavy atom. The summed E-state index contributed by atoms with van der Waals surface area (Å²) in [5, 5.41) is 1.98. The lowest BCUT2D eigenvalue weighted by molar-refractivity contribution is 1.06. The van der Waals surface area contributed by atoms with Crippen LogP contribution in [-0.4, -0.2) is 21.1 Å². The van der Waals surface area contributed by atoms with Crippen LogP contribution in [0.5, 0.6) is 0 Å². The highest BCUT2D eigenvalue weighted by atomic mass is 79.9. The van der Waals surface area contributed by atoms with Gasteiger partial charge in [0.05, 0.1) is 6.20 Å². The molecule has 54 valence electrons. The molecule has 0 saturated heterocycles. The number of aromatic nitrogens is 2. The standard InChI is InChI=1S/C6H7BrN2S/c7-1-4-10-6-5-8-2-3-9-6/h2-3,5H,1,4H2. The maximum atomic E-state index is 4.10. The van der Waals surface area contributed by atoms with Crippen molar-refractivity contribution in [2.75, 3.05) is 11.1 Å². The second kappa shape index (κ2) is 4.68. The Morgan fingerprint density at radius 3 is 3.00 bits per heavy atom. The molecule has 1 heterocycles. The molecule has 0 radical (unpaired) electrons. The molecule has 10 heavy (non-hydrogen) atoms. The highest BCUT2D eigenvalue weighted by molar-refractivity contribution is 9.09. The summed E-state index contributed by atoms with van der Waals surface area (Å²) in [7, 11) is 0. The van der Waals surface area contributed by atoms with E-state index in [1.54, 1.807) is 30.4 Å². The zero-order valence-electron chi connectivity index (χ0n) is 5.33. The minimum Gasteiger partial charge on any atom is -0.260 e. The number of rotatable bonds is 3. The molecule has 0 fully saturated rings.